The van der Waals surface area contributed by atoms with Gasteiger partial charge in [0, 0.05) is 37.8 Å². The highest BCUT2D eigenvalue weighted by atomic mass is 16.2. The van der Waals surface area contributed by atoms with Gasteiger partial charge in [-0.1, -0.05) is 37.6 Å². The average molecular weight is 364 g/mol. The van der Waals surface area contributed by atoms with Crippen LogP contribution in [0.3, 0.4) is 0 Å². The third-order valence-corrected chi connectivity index (χ3v) is 4.60. The molecule has 0 aliphatic carbocycles. The maximum atomic E-state index is 12.8. The van der Waals surface area contributed by atoms with Gasteiger partial charge in [-0.15, -0.1) is 0 Å². The summed E-state index contributed by atoms with van der Waals surface area (Å²) < 4.78 is 1.29. The van der Waals surface area contributed by atoms with Crippen molar-refractivity contribution >= 4 is 16.7 Å². The smallest absolute Gasteiger partial charge is 0.275 e. The van der Waals surface area contributed by atoms with Crippen molar-refractivity contribution in [2.75, 3.05) is 13.6 Å². The zero-order valence-electron chi connectivity index (χ0n) is 15.8. The van der Waals surface area contributed by atoms with Crippen LogP contribution in [0.2, 0.25) is 0 Å². The van der Waals surface area contributed by atoms with Gasteiger partial charge in [0.05, 0.1) is 11.1 Å². The van der Waals surface area contributed by atoms with Crippen LogP contribution in [-0.4, -0.2) is 39.2 Å². The summed E-state index contributed by atoms with van der Waals surface area (Å²) in [5.74, 6) is -0.111. The largest absolute Gasteiger partial charge is 0.344 e. The molecule has 2 aromatic heterocycles. The average Bonchev–Trinajstić information content (AvgIpc) is 2.70. The normalized spacial score (nSPS) is 10.9. The molecule has 0 saturated heterocycles. The lowest BCUT2D eigenvalue weighted by Gasteiger charge is -2.17. The molecule has 0 unspecified atom stereocenters. The SMILES string of the molecule is CCCCN(C)C(=O)Cn1nc(Cc2cccnc2)c2ccccc2c1=O. The number of rotatable bonds is 7. The van der Waals surface area contributed by atoms with Gasteiger partial charge in [-0.05, 0) is 24.1 Å². The maximum Gasteiger partial charge on any atom is 0.275 e. The van der Waals surface area contributed by atoms with Gasteiger partial charge >= 0.3 is 0 Å². The van der Waals surface area contributed by atoms with Gasteiger partial charge in [-0.3, -0.25) is 14.6 Å². The number of likely N-dealkylation sites (N-methyl/N-ethyl adjacent to an activating group) is 1. The van der Waals surface area contributed by atoms with Crippen LogP contribution in [0.15, 0.2) is 53.6 Å². The van der Waals surface area contributed by atoms with Crippen molar-refractivity contribution in [2.24, 2.45) is 0 Å². The number of carbonyl (C=O) groups excluding carboxylic acids is 1. The number of carbonyl (C=O) groups is 1. The summed E-state index contributed by atoms with van der Waals surface area (Å²) in [7, 11) is 1.76. The fourth-order valence-electron chi connectivity index (χ4n) is 3.01. The van der Waals surface area contributed by atoms with Crippen molar-refractivity contribution < 1.29 is 4.79 Å². The summed E-state index contributed by atoms with van der Waals surface area (Å²) in [5, 5.41) is 5.92. The van der Waals surface area contributed by atoms with Gasteiger partial charge in [0.15, 0.2) is 0 Å². The van der Waals surface area contributed by atoms with Crippen molar-refractivity contribution in [3.8, 4) is 0 Å². The number of amides is 1. The number of unbranched alkanes of at least 4 members (excludes halogenated alkanes) is 1. The van der Waals surface area contributed by atoms with Crippen LogP contribution in [0.25, 0.3) is 10.8 Å². The third kappa shape index (κ3) is 4.39. The van der Waals surface area contributed by atoms with E-state index in [1.54, 1.807) is 30.4 Å². The number of fused-ring (bicyclic) bond motifs is 1. The first-order valence-corrected chi connectivity index (χ1v) is 9.21. The zero-order chi connectivity index (χ0) is 19.2. The predicted octanol–water partition coefficient (Wildman–Crippen LogP) is 2.64. The van der Waals surface area contributed by atoms with E-state index in [1.165, 1.54) is 4.68 Å². The summed E-state index contributed by atoms with van der Waals surface area (Å²) in [6.45, 7) is 2.71. The van der Waals surface area contributed by atoms with Crippen molar-refractivity contribution in [1.29, 1.82) is 0 Å². The van der Waals surface area contributed by atoms with Crippen LogP contribution in [-0.2, 0) is 17.8 Å². The predicted molar refractivity (Wildman–Crippen MR) is 106 cm³/mol. The Kier molecular flexibility index (Phi) is 5.96. The summed E-state index contributed by atoms with van der Waals surface area (Å²) >= 11 is 0. The van der Waals surface area contributed by atoms with E-state index in [2.05, 4.69) is 17.0 Å². The summed E-state index contributed by atoms with van der Waals surface area (Å²) in [5.41, 5.74) is 1.53. The number of aromatic nitrogens is 3. The minimum Gasteiger partial charge on any atom is -0.344 e. The van der Waals surface area contributed by atoms with E-state index >= 15 is 0 Å². The quantitative estimate of drug-likeness (QED) is 0.646. The topological polar surface area (TPSA) is 68.1 Å². The zero-order valence-corrected chi connectivity index (χ0v) is 15.8. The molecule has 3 aromatic rings. The number of benzene rings is 1. The molecule has 0 radical (unpaired) electrons. The molecule has 27 heavy (non-hydrogen) atoms. The minimum atomic E-state index is -0.238. The Morgan fingerprint density at radius 2 is 1.93 bits per heavy atom. The molecular formula is C21H24N4O2. The highest BCUT2D eigenvalue weighted by Crippen LogP contribution is 2.16. The van der Waals surface area contributed by atoms with Crippen molar-refractivity contribution in [2.45, 2.75) is 32.7 Å². The number of hydrogen-bond donors (Lipinski definition) is 0. The van der Waals surface area contributed by atoms with E-state index in [1.807, 2.05) is 30.3 Å². The molecule has 140 valence electrons. The van der Waals surface area contributed by atoms with Gasteiger partial charge in [0.2, 0.25) is 5.91 Å². The van der Waals surface area contributed by atoms with E-state index in [4.69, 9.17) is 0 Å². The minimum absolute atomic E-state index is 0.0517. The summed E-state index contributed by atoms with van der Waals surface area (Å²) in [6.07, 6.45) is 6.01. The maximum absolute atomic E-state index is 12.8. The number of hydrogen-bond acceptors (Lipinski definition) is 4. The molecule has 0 spiro atoms. The fraction of sp³-hybridized carbons (Fsp3) is 0.333. The molecule has 2 heterocycles. The summed E-state index contributed by atoms with van der Waals surface area (Å²) in [6, 6.07) is 11.3. The second-order valence-electron chi connectivity index (χ2n) is 6.66. The lowest BCUT2D eigenvalue weighted by Crippen LogP contribution is -2.36. The first-order valence-electron chi connectivity index (χ1n) is 9.21. The second-order valence-corrected chi connectivity index (χ2v) is 6.66. The van der Waals surface area contributed by atoms with Crippen LogP contribution in [0.1, 0.15) is 31.0 Å². The molecule has 3 rings (SSSR count). The van der Waals surface area contributed by atoms with Gasteiger partial charge in [0.1, 0.15) is 6.54 Å². The van der Waals surface area contributed by atoms with E-state index in [0.29, 0.717) is 18.4 Å². The Morgan fingerprint density at radius 1 is 1.15 bits per heavy atom. The number of nitrogens with zero attached hydrogens (tertiary/aromatic N) is 4. The Balaban J connectivity index is 1.97. The van der Waals surface area contributed by atoms with Crippen LogP contribution in [0.5, 0.6) is 0 Å². The first kappa shape index (κ1) is 18.8. The van der Waals surface area contributed by atoms with Crippen LogP contribution in [0, 0.1) is 0 Å². The van der Waals surface area contributed by atoms with Gasteiger partial charge in [-0.2, -0.15) is 5.10 Å². The van der Waals surface area contributed by atoms with E-state index < -0.39 is 0 Å². The van der Waals surface area contributed by atoms with Gasteiger partial charge in [0.25, 0.3) is 5.56 Å². The highest BCUT2D eigenvalue weighted by molar-refractivity contribution is 5.84. The lowest BCUT2D eigenvalue weighted by molar-refractivity contribution is -0.130. The number of pyridine rings is 1. The molecule has 0 fully saturated rings. The van der Waals surface area contributed by atoms with Crippen LogP contribution in [0.4, 0.5) is 0 Å². The molecule has 1 amide bonds. The summed E-state index contributed by atoms with van der Waals surface area (Å²) in [4.78, 5) is 31.1. The molecule has 0 saturated carbocycles. The van der Waals surface area contributed by atoms with E-state index in [-0.39, 0.29) is 18.0 Å². The molecule has 6 heteroatoms. The molecule has 0 aliphatic heterocycles. The van der Waals surface area contributed by atoms with Crippen molar-refractivity contribution in [3.63, 3.8) is 0 Å². The molecule has 0 atom stereocenters. The molecule has 6 nitrogen and oxygen atoms in total. The Labute approximate surface area is 158 Å². The van der Waals surface area contributed by atoms with Crippen LogP contribution >= 0.6 is 0 Å². The van der Waals surface area contributed by atoms with Gasteiger partial charge in [-0.25, -0.2) is 4.68 Å². The van der Waals surface area contributed by atoms with Gasteiger partial charge < -0.3 is 4.90 Å². The molecule has 1 aromatic carbocycles. The first-order chi connectivity index (χ1) is 13.1. The van der Waals surface area contributed by atoms with Crippen LogP contribution < -0.4 is 5.56 Å². The second kappa shape index (κ2) is 8.58. The standard InChI is InChI=1S/C21H24N4O2/c1-3-4-12-24(2)20(26)15-25-21(27)18-10-6-5-9-17(18)19(23-25)13-16-8-7-11-22-14-16/h5-11,14H,3-4,12-13,15H2,1-2H3. The van der Waals surface area contributed by atoms with E-state index in [0.717, 1.165) is 29.5 Å². The molecular weight excluding hydrogens is 340 g/mol. The Hall–Kier alpha value is -3.02. The fourth-order valence-corrected chi connectivity index (χ4v) is 3.01. The van der Waals surface area contributed by atoms with E-state index in [9.17, 15) is 9.59 Å². The van der Waals surface area contributed by atoms with Crippen molar-refractivity contribution in [1.82, 2.24) is 19.7 Å². The monoisotopic (exact) mass is 364 g/mol. The molecule has 0 N–H and O–H groups in total. The molecule has 0 bridgehead atoms. The molecule has 0 aliphatic rings. The highest BCUT2D eigenvalue weighted by Gasteiger charge is 2.15. The Morgan fingerprint density at radius 3 is 2.63 bits per heavy atom. The lowest BCUT2D eigenvalue weighted by atomic mass is 10.1. The Bertz CT molecular complexity index is 982. The third-order valence-electron chi connectivity index (χ3n) is 4.60. The van der Waals surface area contributed by atoms with Crippen molar-refractivity contribution in [3.05, 3.63) is 70.4 Å².